The van der Waals surface area contributed by atoms with Crippen molar-refractivity contribution in [1.29, 1.82) is 0 Å². The normalized spacial score (nSPS) is 19.6. The van der Waals surface area contributed by atoms with Crippen LogP contribution in [0.1, 0.15) is 36.5 Å². The van der Waals surface area contributed by atoms with E-state index in [1.807, 2.05) is 12.1 Å². The molecule has 1 unspecified atom stereocenters. The number of carbonyl (C=O) groups is 1. The fraction of sp³-hybridized carbons (Fsp3) is 0.500. The van der Waals surface area contributed by atoms with E-state index in [4.69, 9.17) is 5.11 Å². The molecule has 1 aromatic rings. The molecular formula is C14H19NO2. The summed E-state index contributed by atoms with van der Waals surface area (Å²) in [5.41, 5.74) is 1.42. The lowest BCUT2D eigenvalue weighted by molar-refractivity contribution is 0.0697. The first-order valence-corrected chi connectivity index (χ1v) is 6.29. The average Bonchev–Trinajstić information content (AvgIpc) is 2.78. The average molecular weight is 233 g/mol. The summed E-state index contributed by atoms with van der Waals surface area (Å²) in [5, 5.41) is 8.97. The van der Waals surface area contributed by atoms with Crippen LogP contribution in [0.5, 0.6) is 0 Å². The Kier molecular flexibility index (Phi) is 3.67. The zero-order valence-electron chi connectivity index (χ0n) is 10.2. The van der Waals surface area contributed by atoms with E-state index in [2.05, 4.69) is 11.8 Å². The van der Waals surface area contributed by atoms with Gasteiger partial charge in [0.1, 0.15) is 0 Å². The van der Waals surface area contributed by atoms with Gasteiger partial charge in [-0.15, -0.1) is 0 Å². The van der Waals surface area contributed by atoms with Crippen molar-refractivity contribution in [3.63, 3.8) is 0 Å². The van der Waals surface area contributed by atoms with Gasteiger partial charge in [-0.05, 0) is 37.0 Å². The van der Waals surface area contributed by atoms with E-state index in [0.29, 0.717) is 5.56 Å². The molecule has 0 bridgehead atoms. The Morgan fingerprint density at radius 3 is 3.06 bits per heavy atom. The van der Waals surface area contributed by atoms with Gasteiger partial charge in [0, 0.05) is 18.8 Å². The fourth-order valence-corrected chi connectivity index (χ4v) is 2.55. The van der Waals surface area contributed by atoms with Gasteiger partial charge in [-0.1, -0.05) is 19.4 Å². The van der Waals surface area contributed by atoms with Crippen molar-refractivity contribution in [3.05, 3.63) is 29.8 Å². The summed E-state index contributed by atoms with van der Waals surface area (Å²) < 4.78 is 0. The Labute approximate surface area is 102 Å². The van der Waals surface area contributed by atoms with Crippen LogP contribution in [0.2, 0.25) is 0 Å². The van der Waals surface area contributed by atoms with Crippen molar-refractivity contribution in [2.45, 2.75) is 26.2 Å². The molecule has 1 N–H and O–H groups in total. The van der Waals surface area contributed by atoms with Crippen molar-refractivity contribution in [1.82, 2.24) is 0 Å². The van der Waals surface area contributed by atoms with Crippen LogP contribution in [0.25, 0.3) is 0 Å². The van der Waals surface area contributed by atoms with Crippen molar-refractivity contribution < 1.29 is 9.90 Å². The van der Waals surface area contributed by atoms with E-state index in [-0.39, 0.29) is 0 Å². The lowest BCUT2D eigenvalue weighted by atomic mass is 10.0. The van der Waals surface area contributed by atoms with E-state index in [0.717, 1.165) is 24.7 Å². The minimum Gasteiger partial charge on any atom is -0.478 e. The van der Waals surface area contributed by atoms with E-state index in [1.165, 1.54) is 19.3 Å². The Morgan fingerprint density at radius 1 is 1.53 bits per heavy atom. The Bertz CT molecular complexity index is 403. The minimum absolute atomic E-state index is 0.376. The number of carboxylic acids is 1. The maximum atomic E-state index is 10.9. The molecule has 1 atom stereocenters. The van der Waals surface area contributed by atoms with Crippen LogP contribution in [-0.4, -0.2) is 24.2 Å². The molecule has 1 aliphatic heterocycles. The second kappa shape index (κ2) is 5.21. The predicted octanol–water partition coefficient (Wildman–Crippen LogP) is 3.01. The van der Waals surface area contributed by atoms with E-state index >= 15 is 0 Å². The summed E-state index contributed by atoms with van der Waals surface area (Å²) in [4.78, 5) is 13.2. The van der Waals surface area contributed by atoms with Gasteiger partial charge in [0.2, 0.25) is 0 Å². The number of nitrogens with zero attached hydrogens (tertiary/aromatic N) is 1. The highest BCUT2D eigenvalue weighted by molar-refractivity contribution is 5.88. The predicted molar refractivity (Wildman–Crippen MR) is 68.6 cm³/mol. The van der Waals surface area contributed by atoms with Crippen LogP contribution >= 0.6 is 0 Å². The maximum Gasteiger partial charge on any atom is 0.335 e. The van der Waals surface area contributed by atoms with Gasteiger partial charge < -0.3 is 10.0 Å². The first-order valence-electron chi connectivity index (χ1n) is 6.29. The zero-order valence-corrected chi connectivity index (χ0v) is 10.2. The van der Waals surface area contributed by atoms with Crippen LogP contribution in [-0.2, 0) is 0 Å². The van der Waals surface area contributed by atoms with Crippen LogP contribution in [0.15, 0.2) is 24.3 Å². The number of anilines is 1. The number of benzene rings is 1. The summed E-state index contributed by atoms with van der Waals surface area (Å²) >= 11 is 0. The molecule has 0 aromatic heterocycles. The van der Waals surface area contributed by atoms with Gasteiger partial charge in [-0.3, -0.25) is 0 Å². The number of aromatic carboxylic acids is 1. The minimum atomic E-state index is -0.851. The SMILES string of the molecule is CCCC1CCN(c2cccc(C(=O)O)c2)C1. The monoisotopic (exact) mass is 233 g/mol. The molecule has 3 heteroatoms. The molecule has 1 aliphatic rings. The number of hydrogen-bond acceptors (Lipinski definition) is 2. The van der Waals surface area contributed by atoms with Crippen LogP contribution in [0.4, 0.5) is 5.69 Å². The third-order valence-corrected chi connectivity index (χ3v) is 3.44. The molecule has 3 nitrogen and oxygen atoms in total. The molecule has 17 heavy (non-hydrogen) atoms. The number of rotatable bonds is 4. The molecule has 1 aromatic carbocycles. The highest BCUT2D eigenvalue weighted by atomic mass is 16.4. The maximum absolute atomic E-state index is 10.9. The van der Waals surface area contributed by atoms with Gasteiger partial charge in [0.05, 0.1) is 5.56 Å². The van der Waals surface area contributed by atoms with E-state index in [1.54, 1.807) is 12.1 Å². The topological polar surface area (TPSA) is 40.5 Å². The van der Waals surface area contributed by atoms with Crippen LogP contribution in [0, 0.1) is 5.92 Å². The first kappa shape index (κ1) is 12.0. The van der Waals surface area contributed by atoms with Crippen LogP contribution in [0.3, 0.4) is 0 Å². The van der Waals surface area contributed by atoms with E-state index in [9.17, 15) is 4.79 Å². The lowest BCUT2D eigenvalue weighted by Gasteiger charge is -2.19. The Hall–Kier alpha value is -1.51. The Morgan fingerprint density at radius 2 is 2.35 bits per heavy atom. The third kappa shape index (κ3) is 2.78. The second-order valence-corrected chi connectivity index (χ2v) is 4.74. The highest BCUT2D eigenvalue weighted by Gasteiger charge is 2.22. The molecule has 92 valence electrons. The molecule has 1 fully saturated rings. The number of hydrogen-bond donors (Lipinski definition) is 1. The molecule has 0 aliphatic carbocycles. The van der Waals surface area contributed by atoms with E-state index < -0.39 is 5.97 Å². The summed E-state index contributed by atoms with van der Waals surface area (Å²) in [6.07, 6.45) is 3.73. The molecule has 1 heterocycles. The van der Waals surface area contributed by atoms with Crippen molar-refractivity contribution in [3.8, 4) is 0 Å². The highest BCUT2D eigenvalue weighted by Crippen LogP contribution is 2.26. The molecule has 0 saturated carbocycles. The summed E-state index contributed by atoms with van der Waals surface area (Å²) in [7, 11) is 0. The standard InChI is InChI=1S/C14H19NO2/c1-2-4-11-7-8-15(10-11)13-6-3-5-12(9-13)14(16)17/h3,5-6,9,11H,2,4,7-8,10H2,1H3,(H,16,17). The van der Waals surface area contributed by atoms with Crippen molar-refractivity contribution in [2.75, 3.05) is 18.0 Å². The van der Waals surface area contributed by atoms with Crippen LogP contribution < -0.4 is 4.90 Å². The van der Waals surface area contributed by atoms with Crippen molar-refractivity contribution >= 4 is 11.7 Å². The molecule has 0 amide bonds. The van der Waals surface area contributed by atoms with Crippen molar-refractivity contribution in [2.24, 2.45) is 5.92 Å². The first-order chi connectivity index (χ1) is 8.20. The van der Waals surface area contributed by atoms with Gasteiger partial charge in [0.25, 0.3) is 0 Å². The number of carboxylic acid groups (broad SMARTS) is 1. The zero-order chi connectivity index (χ0) is 12.3. The molecule has 0 radical (unpaired) electrons. The quantitative estimate of drug-likeness (QED) is 0.869. The third-order valence-electron chi connectivity index (χ3n) is 3.44. The van der Waals surface area contributed by atoms with Gasteiger partial charge in [-0.25, -0.2) is 4.79 Å². The largest absolute Gasteiger partial charge is 0.478 e. The molecule has 2 rings (SSSR count). The summed E-state index contributed by atoms with van der Waals surface area (Å²) in [5.74, 6) is -0.0790. The fourth-order valence-electron chi connectivity index (χ4n) is 2.55. The summed E-state index contributed by atoms with van der Waals surface area (Å²) in [6, 6.07) is 7.24. The molecular weight excluding hydrogens is 214 g/mol. The smallest absolute Gasteiger partial charge is 0.335 e. The lowest BCUT2D eigenvalue weighted by Crippen LogP contribution is -2.19. The Balaban J connectivity index is 2.08. The van der Waals surface area contributed by atoms with Gasteiger partial charge in [-0.2, -0.15) is 0 Å². The van der Waals surface area contributed by atoms with Gasteiger partial charge in [0.15, 0.2) is 0 Å². The summed E-state index contributed by atoms with van der Waals surface area (Å²) in [6.45, 7) is 4.33. The second-order valence-electron chi connectivity index (χ2n) is 4.74. The van der Waals surface area contributed by atoms with Gasteiger partial charge >= 0.3 is 5.97 Å². The molecule has 1 saturated heterocycles. The molecule has 0 spiro atoms.